The summed E-state index contributed by atoms with van der Waals surface area (Å²) >= 11 is 9.61. The molecule has 1 saturated heterocycles. The average molecular weight is 341 g/mol. The molecule has 2 atom stereocenters. The lowest BCUT2D eigenvalue weighted by atomic mass is 10.1. The molecular formula is C16H21ClN2S2. The Labute approximate surface area is 139 Å². The van der Waals surface area contributed by atoms with Gasteiger partial charge in [-0.1, -0.05) is 17.7 Å². The molecule has 0 saturated carbocycles. The second kappa shape index (κ2) is 7.25. The molecule has 0 aliphatic carbocycles. The number of thiophene rings is 2. The zero-order chi connectivity index (χ0) is 14.7. The minimum atomic E-state index is 0.264. The van der Waals surface area contributed by atoms with Gasteiger partial charge in [0.25, 0.3) is 0 Å². The van der Waals surface area contributed by atoms with E-state index < -0.39 is 0 Å². The molecule has 0 spiro atoms. The summed E-state index contributed by atoms with van der Waals surface area (Å²) in [7, 11) is 0. The van der Waals surface area contributed by atoms with Crippen LogP contribution in [0.1, 0.15) is 35.6 Å². The van der Waals surface area contributed by atoms with E-state index in [4.69, 9.17) is 11.6 Å². The van der Waals surface area contributed by atoms with Gasteiger partial charge >= 0.3 is 0 Å². The Morgan fingerprint density at radius 1 is 1.24 bits per heavy atom. The summed E-state index contributed by atoms with van der Waals surface area (Å²) < 4.78 is 0.862. The van der Waals surface area contributed by atoms with E-state index in [1.54, 1.807) is 11.3 Å². The maximum absolute atomic E-state index is 6.13. The van der Waals surface area contributed by atoms with Crippen LogP contribution >= 0.6 is 34.3 Å². The van der Waals surface area contributed by atoms with Crippen LogP contribution in [-0.4, -0.2) is 30.6 Å². The summed E-state index contributed by atoms with van der Waals surface area (Å²) in [5.41, 5.74) is 0. The first-order valence-electron chi connectivity index (χ1n) is 7.49. The van der Waals surface area contributed by atoms with E-state index in [2.05, 4.69) is 40.7 Å². The topological polar surface area (TPSA) is 15.3 Å². The summed E-state index contributed by atoms with van der Waals surface area (Å²) in [6.07, 6.45) is 2.70. The quantitative estimate of drug-likeness (QED) is 0.825. The summed E-state index contributed by atoms with van der Waals surface area (Å²) in [6, 6.07) is 9.20. The zero-order valence-electron chi connectivity index (χ0n) is 12.2. The molecule has 3 heterocycles. The summed E-state index contributed by atoms with van der Waals surface area (Å²) in [5, 5.41) is 5.94. The molecule has 0 radical (unpaired) electrons. The van der Waals surface area contributed by atoms with E-state index in [9.17, 15) is 0 Å². The maximum Gasteiger partial charge on any atom is 0.0931 e. The van der Waals surface area contributed by atoms with Crippen LogP contribution in [0.2, 0.25) is 4.34 Å². The lowest BCUT2D eigenvalue weighted by Gasteiger charge is -2.25. The van der Waals surface area contributed by atoms with Crippen molar-refractivity contribution in [1.82, 2.24) is 10.2 Å². The third-order valence-corrected chi connectivity index (χ3v) is 6.12. The molecule has 21 heavy (non-hydrogen) atoms. The lowest BCUT2D eigenvalue weighted by Crippen LogP contribution is -2.39. The van der Waals surface area contributed by atoms with Crippen molar-refractivity contribution in [3.8, 4) is 0 Å². The van der Waals surface area contributed by atoms with Crippen molar-refractivity contribution in [2.24, 2.45) is 0 Å². The van der Waals surface area contributed by atoms with Crippen LogP contribution in [0.5, 0.6) is 0 Å². The van der Waals surface area contributed by atoms with Crippen molar-refractivity contribution in [1.29, 1.82) is 0 Å². The van der Waals surface area contributed by atoms with Crippen molar-refractivity contribution in [2.45, 2.75) is 31.8 Å². The van der Waals surface area contributed by atoms with E-state index in [1.165, 1.54) is 35.7 Å². The van der Waals surface area contributed by atoms with Gasteiger partial charge in [-0.05, 0) is 56.4 Å². The number of hydrogen-bond acceptors (Lipinski definition) is 4. The van der Waals surface area contributed by atoms with Crippen LogP contribution < -0.4 is 5.32 Å². The fourth-order valence-electron chi connectivity index (χ4n) is 2.93. The number of nitrogens with zero attached hydrogens (tertiary/aromatic N) is 1. The largest absolute Gasteiger partial charge is 0.302 e. The molecule has 5 heteroatoms. The van der Waals surface area contributed by atoms with Crippen LogP contribution in [0.3, 0.4) is 0 Å². The first-order valence-corrected chi connectivity index (χ1v) is 9.57. The minimum absolute atomic E-state index is 0.264. The highest BCUT2D eigenvalue weighted by atomic mass is 35.5. The van der Waals surface area contributed by atoms with E-state index in [0.717, 1.165) is 10.9 Å². The lowest BCUT2D eigenvalue weighted by molar-refractivity contribution is 0.293. The second-order valence-corrected chi connectivity index (χ2v) is 8.39. The van der Waals surface area contributed by atoms with Crippen LogP contribution in [0, 0.1) is 0 Å². The number of rotatable bonds is 6. The van der Waals surface area contributed by atoms with E-state index in [0.29, 0.717) is 6.04 Å². The van der Waals surface area contributed by atoms with Crippen molar-refractivity contribution in [3.63, 3.8) is 0 Å². The fourth-order valence-corrected chi connectivity index (χ4v) is 4.95. The number of hydrogen-bond donors (Lipinski definition) is 1. The van der Waals surface area contributed by atoms with Gasteiger partial charge in [-0.15, -0.1) is 22.7 Å². The maximum atomic E-state index is 6.13. The molecule has 1 aliphatic rings. The summed E-state index contributed by atoms with van der Waals surface area (Å²) in [5.74, 6) is 0. The number of nitrogens with one attached hydrogen (secondary N) is 1. The molecule has 2 aromatic heterocycles. The highest BCUT2D eigenvalue weighted by molar-refractivity contribution is 7.16. The Morgan fingerprint density at radius 3 is 2.67 bits per heavy atom. The molecule has 114 valence electrons. The van der Waals surface area contributed by atoms with Gasteiger partial charge in [0.1, 0.15) is 0 Å². The monoisotopic (exact) mass is 340 g/mol. The van der Waals surface area contributed by atoms with Gasteiger partial charge in [0.15, 0.2) is 0 Å². The highest BCUT2D eigenvalue weighted by Crippen LogP contribution is 2.33. The normalized spacial score (nSPS) is 19.0. The van der Waals surface area contributed by atoms with Gasteiger partial charge < -0.3 is 10.2 Å². The zero-order valence-corrected chi connectivity index (χ0v) is 14.6. The highest BCUT2D eigenvalue weighted by Gasteiger charge is 2.21. The molecule has 1 fully saturated rings. The molecule has 0 amide bonds. The van der Waals surface area contributed by atoms with E-state index >= 15 is 0 Å². The predicted octanol–water partition coefficient (Wildman–Crippen LogP) is 4.63. The first-order chi connectivity index (χ1) is 10.2. The molecule has 2 aromatic rings. The first kappa shape index (κ1) is 15.5. The molecule has 0 bridgehead atoms. The molecule has 0 aromatic carbocycles. The van der Waals surface area contributed by atoms with Crippen LogP contribution in [0.4, 0.5) is 0 Å². The predicted molar refractivity (Wildman–Crippen MR) is 93.8 cm³/mol. The Balaban J connectivity index is 1.70. The third kappa shape index (κ3) is 4.08. The van der Waals surface area contributed by atoms with Crippen molar-refractivity contribution < 1.29 is 0 Å². The Kier molecular flexibility index (Phi) is 5.35. The van der Waals surface area contributed by atoms with Crippen molar-refractivity contribution >= 4 is 34.3 Å². The smallest absolute Gasteiger partial charge is 0.0931 e. The third-order valence-electron chi connectivity index (χ3n) is 3.89. The van der Waals surface area contributed by atoms with E-state index in [1.807, 2.05) is 17.4 Å². The number of halogens is 1. The SMILES string of the molecule is CC(CN1CCCC1)NC(c1cccs1)c1ccc(Cl)s1. The molecular weight excluding hydrogens is 320 g/mol. The molecule has 1 aliphatic heterocycles. The van der Waals surface area contributed by atoms with E-state index in [-0.39, 0.29) is 6.04 Å². The fraction of sp³-hybridized carbons (Fsp3) is 0.500. The molecule has 2 unspecified atom stereocenters. The van der Waals surface area contributed by atoms with Crippen LogP contribution in [0.15, 0.2) is 29.6 Å². The Morgan fingerprint density at radius 2 is 2.05 bits per heavy atom. The minimum Gasteiger partial charge on any atom is -0.302 e. The van der Waals surface area contributed by atoms with Gasteiger partial charge in [0.05, 0.1) is 10.4 Å². The van der Waals surface area contributed by atoms with Crippen LogP contribution in [-0.2, 0) is 0 Å². The van der Waals surface area contributed by atoms with Gasteiger partial charge in [0.2, 0.25) is 0 Å². The molecule has 2 nitrogen and oxygen atoms in total. The second-order valence-electron chi connectivity index (χ2n) is 5.67. The summed E-state index contributed by atoms with van der Waals surface area (Å²) in [4.78, 5) is 5.22. The van der Waals surface area contributed by atoms with Gasteiger partial charge in [-0.3, -0.25) is 0 Å². The standard InChI is InChI=1S/C16H21ClN2S2/c1-12(11-19-8-2-3-9-19)18-16(13-5-4-10-20-13)14-6-7-15(17)21-14/h4-7,10,12,16,18H,2-3,8-9,11H2,1H3. The van der Waals surface area contributed by atoms with Gasteiger partial charge in [0, 0.05) is 22.3 Å². The van der Waals surface area contributed by atoms with Crippen molar-refractivity contribution in [2.75, 3.05) is 19.6 Å². The Bertz CT molecular complexity index is 546. The van der Waals surface area contributed by atoms with Crippen molar-refractivity contribution in [3.05, 3.63) is 43.7 Å². The van der Waals surface area contributed by atoms with Gasteiger partial charge in [-0.2, -0.15) is 0 Å². The Hall–Kier alpha value is -0.390. The molecule has 1 N–H and O–H groups in total. The number of likely N-dealkylation sites (tertiary alicyclic amines) is 1. The summed E-state index contributed by atoms with van der Waals surface area (Å²) in [6.45, 7) is 5.91. The van der Waals surface area contributed by atoms with Gasteiger partial charge in [-0.25, -0.2) is 0 Å². The molecule has 3 rings (SSSR count). The van der Waals surface area contributed by atoms with Crippen LogP contribution in [0.25, 0.3) is 0 Å². The average Bonchev–Trinajstić information content (AvgIpc) is 3.18.